The lowest BCUT2D eigenvalue weighted by Gasteiger charge is -2.09. The second-order valence-electron chi connectivity index (χ2n) is 4.45. The molecule has 0 aliphatic carbocycles. The Morgan fingerprint density at radius 3 is 2.71 bits per heavy atom. The lowest BCUT2D eigenvalue weighted by molar-refractivity contribution is 0.561. The van der Waals surface area contributed by atoms with E-state index in [1.54, 1.807) is 43.3 Å². The lowest BCUT2D eigenvalue weighted by Crippen LogP contribution is -2.13. The Morgan fingerprint density at radius 1 is 1.19 bits per heavy atom. The molecule has 21 heavy (non-hydrogen) atoms. The summed E-state index contributed by atoms with van der Waals surface area (Å²) in [6, 6.07) is 11.6. The SMILES string of the molecule is Cc1nc2cc(NS(=O)(=O)c3ccccc3Br)ccc2o1. The molecule has 1 aromatic heterocycles. The van der Waals surface area contributed by atoms with Crippen molar-refractivity contribution in [2.24, 2.45) is 0 Å². The van der Waals surface area contributed by atoms with Gasteiger partial charge in [-0.25, -0.2) is 13.4 Å². The highest BCUT2D eigenvalue weighted by Gasteiger charge is 2.17. The van der Waals surface area contributed by atoms with E-state index in [2.05, 4.69) is 25.6 Å². The predicted octanol–water partition coefficient (Wildman–Crippen LogP) is 3.70. The van der Waals surface area contributed by atoms with E-state index in [1.165, 1.54) is 6.07 Å². The molecule has 0 aliphatic heterocycles. The average Bonchev–Trinajstić information content (AvgIpc) is 2.78. The number of rotatable bonds is 3. The number of nitrogens with one attached hydrogen (secondary N) is 1. The maximum absolute atomic E-state index is 12.4. The van der Waals surface area contributed by atoms with Crippen molar-refractivity contribution in [3.05, 3.63) is 52.8 Å². The third-order valence-corrected chi connectivity index (χ3v) is 5.27. The molecular weight excluding hydrogens is 356 g/mol. The summed E-state index contributed by atoms with van der Waals surface area (Å²) in [5, 5.41) is 0. The van der Waals surface area contributed by atoms with Crippen LogP contribution < -0.4 is 4.72 Å². The van der Waals surface area contributed by atoms with Gasteiger partial charge in [0.15, 0.2) is 11.5 Å². The van der Waals surface area contributed by atoms with Crippen LogP contribution in [0.3, 0.4) is 0 Å². The van der Waals surface area contributed by atoms with Gasteiger partial charge < -0.3 is 4.42 Å². The van der Waals surface area contributed by atoms with E-state index in [4.69, 9.17) is 4.42 Å². The van der Waals surface area contributed by atoms with Crippen LogP contribution in [0.4, 0.5) is 5.69 Å². The number of oxazole rings is 1. The number of halogens is 1. The average molecular weight is 367 g/mol. The van der Waals surface area contributed by atoms with Crippen molar-refractivity contribution in [2.45, 2.75) is 11.8 Å². The fourth-order valence-corrected chi connectivity index (χ4v) is 4.03. The van der Waals surface area contributed by atoms with Crippen molar-refractivity contribution >= 4 is 42.7 Å². The van der Waals surface area contributed by atoms with Gasteiger partial charge in [-0.1, -0.05) is 12.1 Å². The molecule has 3 rings (SSSR count). The van der Waals surface area contributed by atoms with Gasteiger partial charge in [0.1, 0.15) is 10.4 Å². The normalized spacial score (nSPS) is 11.7. The van der Waals surface area contributed by atoms with Gasteiger partial charge in [-0.15, -0.1) is 0 Å². The van der Waals surface area contributed by atoms with Crippen molar-refractivity contribution < 1.29 is 12.8 Å². The van der Waals surface area contributed by atoms with Crippen LogP contribution in [0.1, 0.15) is 5.89 Å². The molecule has 0 atom stereocenters. The number of aryl methyl sites for hydroxylation is 1. The van der Waals surface area contributed by atoms with Crippen molar-refractivity contribution in [1.29, 1.82) is 0 Å². The van der Waals surface area contributed by atoms with Crippen LogP contribution >= 0.6 is 15.9 Å². The van der Waals surface area contributed by atoms with Crippen LogP contribution in [0, 0.1) is 6.92 Å². The first kappa shape index (κ1) is 14.1. The quantitative estimate of drug-likeness (QED) is 0.766. The molecule has 7 heteroatoms. The summed E-state index contributed by atoms with van der Waals surface area (Å²) in [7, 11) is -3.66. The monoisotopic (exact) mass is 366 g/mol. The topological polar surface area (TPSA) is 72.2 Å². The Hall–Kier alpha value is -1.86. The second kappa shape index (κ2) is 5.16. The number of hydrogen-bond donors (Lipinski definition) is 1. The minimum atomic E-state index is -3.66. The third-order valence-electron chi connectivity index (χ3n) is 2.87. The van der Waals surface area contributed by atoms with Crippen molar-refractivity contribution in [2.75, 3.05) is 4.72 Å². The zero-order valence-corrected chi connectivity index (χ0v) is 13.4. The summed E-state index contributed by atoms with van der Waals surface area (Å²) in [6.07, 6.45) is 0. The number of sulfonamides is 1. The Kier molecular flexibility index (Phi) is 3.46. The number of nitrogens with zero attached hydrogens (tertiary/aromatic N) is 1. The molecule has 0 amide bonds. The number of hydrogen-bond acceptors (Lipinski definition) is 4. The third kappa shape index (κ3) is 2.79. The summed E-state index contributed by atoms with van der Waals surface area (Å²) in [5.41, 5.74) is 1.67. The molecule has 0 spiro atoms. The zero-order valence-electron chi connectivity index (χ0n) is 11.0. The number of benzene rings is 2. The molecule has 1 N–H and O–H groups in total. The van der Waals surface area contributed by atoms with Gasteiger partial charge in [-0.2, -0.15) is 0 Å². The summed E-state index contributed by atoms with van der Waals surface area (Å²) in [6.45, 7) is 1.74. The minimum Gasteiger partial charge on any atom is -0.441 e. The van der Waals surface area contributed by atoms with Crippen LogP contribution in [0.5, 0.6) is 0 Å². The number of anilines is 1. The molecule has 0 aliphatic rings. The smallest absolute Gasteiger partial charge is 0.263 e. The first-order valence-electron chi connectivity index (χ1n) is 6.10. The van der Waals surface area contributed by atoms with E-state index in [0.717, 1.165) is 0 Å². The largest absolute Gasteiger partial charge is 0.441 e. The van der Waals surface area contributed by atoms with Gasteiger partial charge >= 0.3 is 0 Å². The highest BCUT2D eigenvalue weighted by atomic mass is 79.9. The Labute approximate surface area is 130 Å². The first-order chi connectivity index (χ1) is 9.95. The number of aromatic nitrogens is 1. The van der Waals surface area contributed by atoms with E-state index < -0.39 is 10.0 Å². The maximum atomic E-state index is 12.4. The van der Waals surface area contributed by atoms with E-state index in [-0.39, 0.29) is 4.90 Å². The molecule has 3 aromatic rings. The van der Waals surface area contributed by atoms with Crippen molar-refractivity contribution in [3.8, 4) is 0 Å². The highest BCUT2D eigenvalue weighted by molar-refractivity contribution is 9.10. The molecule has 0 saturated heterocycles. The summed E-state index contributed by atoms with van der Waals surface area (Å²) in [5.74, 6) is 0.538. The van der Waals surface area contributed by atoms with Gasteiger partial charge in [-0.3, -0.25) is 4.72 Å². The first-order valence-corrected chi connectivity index (χ1v) is 8.38. The molecule has 2 aromatic carbocycles. The van der Waals surface area contributed by atoms with Crippen molar-refractivity contribution in [1.82, 2.24) is 4.98 Å². The van der Waals surface area contributed by atoms with Gasteiger partial charge in [0.2, 0.25) is 0 Å². The van der Waals surface area contributed by atoms with E-state index >= 15 is 0 Å². The van der Waals surface area contributed by atoms with Crippen LogP contribution in [-0.2, 0) is 10.0 Å². The minimum absolute atomic E-state index is 0.182. The summed E-state index contributed by atoms with van der Waals surface area (Å²) < 4.78 is 33.2. The van der Waals surface area contributed by atoms with E-state index in [9.17, 15) is 8.42 Å². The molecule has 0 fully saturated rings. The highest BCUT2D eigenvalue weighted by Crippen LogP contribution is 2.25. The summed E-state index contributed by atoms with van der Waals surface area (Å²) >= 11 is 3.24. The summed E-state index contributed by atoms with van der Waals surface area (Å²) in [4.78, 5) is 4.37. The van der Waals surface area contributed by atoms with Crippen LogP contribution in [0.25, 0.3) is 11.1 Å². The fraction of sp³-hybridized carbons (Fsp3) is 0.0714. The predicted molar refractivity (Wildman–Crippen MR) is 83.7 cm³/mol. The van der Waals surface area contributed by atoms with E-state index in [0.29, 0.717) is 27.2 Å². The van der Waals surface area contributed by atoms with Crippen LogP contribution in [0.15, 0.2) is 56.2 Å². The van der Waals surface area contributed by atoms with Gasteiger partial charge in [0, 0.05) is 11.4 Å². The maximum Gasteiger partial charge on any atom is 0.263 e. The molecule has 0 bridgehead atoms. The Balaban J connectivity index is 1.99. The zero-order chi connectivity index (χ0) is 15.0. The molecular formula is C14H11BrN2O3S. The van der Waals surface area contributed by atoms with Gasteiger partial charge in [-0.05, 0) is 46.3 Å². The molecule has 1 heterocycles. The molecule has 0 radical (unpaired) electrons. The van der Waals surface area contributed by atoms with Gasteiger partial charge in [0.05, 0.1) is 5.69 Å². The molecule has 5 nitrogen and oxygen atoms in total. The molecule has 0 saturated carbocycles. The van der Waals surface area contributed by atoms with E-state index in [1.807, 2.05) is 0 Å². The standard InChI is InChI=1S/C14H11BrN2O3S/c1-9-16-12-8-10(6-7-13(12)20-9)17-21(18,19)14-5-3-2-4-11(14)15/h2-8,17H,1H3. The Morgan fingerprint density at radius 2 is 1.95 bits per heavy atom. The number of fused-ring (bicyclic) bond motifs is 1. The Bertz CT molecular complexity index is 919. The fourth-order valence-electron chi connectivity index (χ4n) is 1.98. The van der Waals surface area contributed by atoms with Crippen molar-refractivity contribution in [3.63, 3.8) is 0 Å². The van der Waals surface area contributed by atoms with Crippen LogP contribution in [-0.4, -0.2) is 13.4 Å². The van der Waals surface area contributed by atoms with Gasteiger partial charge in [0.25, 0.3) is 10.0 Å². The second-order valence-corrected chi connectivity index (χ2v) is 6.96. The lowest BCUT2D eigenvalue weighted by atomic mass is 10.3. The van der Waals surface area contributed by atoms with Crippen LogP contribution in [0.2, 0.25) is 0 Å². The molecule has 108 valence electrons. The molecule has 0 unspecified atom stereocenters.